The van der Waals surface area contributed by atoms with Gasteiger partial charge in [-0.1, -0.05) is 64.1 Å². The summed E-state index contributed by atoms with van der Waals surface area (Å²) in [5.74, 6) is -0.127. The average molecular weight is 311 g/mol. The molecule has 21 heavy (non-hydrogen) atoms. The lowest BCUT2D eigenvalue weighted by Crippen LogP contribution is -2.10. The zero-order chi connectivity index (χ0) is 15.5. The van der Waals surface area contributed by atoms with Crippen LogP contribution < -0.4 is 10.5 Å². The number of thiocarbonyl (C=S) groups is 1. The van der Waals surface area contributed by atoms with E-state index in [0.717, 1.165) is 12.8 Å². The lowest BCUT2D eigenvalue weighted by molar-refractivity contribution is 0.290. The van der Waals surface area contributed by atoms with E-state index in [1.807, 2.05) is 0 Å². The van der Waals surface area contributed by atoms with Gasteiger partial charge in [-0.3, -0.25) is 0 Å². The Morgan fingerprint density at radius 3 is 2.29 bits per heavy atom. The van der Waals surface area contributed by atoms with Crippen molar-refractivity contribution in [2.75, 3.05) is 6.61 Å². The summed E-state index contributed by atoms with van der Waals surface area (Å²) in [5.41, 5.74) is 5.98. The van der Waals surface area contributed by atoms with Gasteiger partial charge < -0.3 is 10.5 Å². The van der Waals surface area contributed by atoms with Crippen molar-refractivity contribution < 1.29 is 9.13 Å². The molecule has 0 heterocycles. The third-order valence-corrected chi connectivity index (χ3v) is 3.71. The molecule has 0 atom stereocenters. The monoisotopic (exact) mass is 311 g/mol. The maximum Gasteiger partial charge on any atom is 0.165 e. The molecule has 0 fully saturated rings. The lowest BCUT2D eigenvalue weighted by Gasteiger charge is -2.08. The molecule has 2 N–H and O–H groups in total. The van der Waals surface area contributed by atoms with E-state index in [4.69, 9.17) is 22.7 Å². The Morgan fingerprint density at radius 1 is 1.10 bits per heavy atom. The first-order chi connectivity index (χ1) is 10.1. The molecule has 0 radical (unpaired) electrons. The van der Waals surface area contributed by atoms with Crippen molar-refractivity contribution >= 4 is 17.2 Å². The third kappa shape index (κ3) is 7.42. The van der Waals surface area contributed by atoms with Gasteiger partial charge in [-0.2, -0.15) is 0 Å². The molecule has 0 aliphatic rings. The Bertz CT molecular complexity index is 437. The first kappa shape index (κ1) is 17.9. The predicted octanol–water partition coefficient (Wildman–Crippen LogP) is 4.98. The van der Waals surface area contributed by atoms with Crippen LogP contribution in [0.1, 0.15) is 63.9 Å². The summed E-state index contributed by atoms with van der Waals surface area (Å²) >= 11 is 4.81. The molecule has 0 saturated carbocycles. The van der Waals surface area contributed by atoms with Crippen LogP contribution in [0.2, 0.25) is 0 Å². The summed E-state index contributed by atoms with van der Waals surface area (Å²) in [6.45, 7) is 2.78. The van der Waals surface area contributed by atoms with E-state index in [1.165, 1.54) is 44.6 Å². The number of halogens is 1. The van der Waals surface area contributed by atoms with Gasteiger partial charge in [0.1, 0.15) is 4.99 Å². The second-order valence-electron chi connectivity index (χ2n) is 5.33. The van der Waals surface area contributed by atoms with Crippen molar-refractivity contribution in [1.82, 2.24) is 0 Å². The molecule has 118 valence electrons. The van der Waals surface area contributed by atoms with Crippen molar-refractivity contribution in [3.05, 3.63) is 29.6 Å². The summed E-state index contributed by atoms with van der Waals surface area (Å²) < 4.78 is 19.2. The van der Waals surface area contributed by atoms with E-state index >= 15 is 0 Å². The fraction of sp³-hybridized carbons (Fsp3) is 0.588. The van der Waals surface area contributed by atoms with Crippen LogP contribution in [0.5, 0.6) is 5.75 Å². The van der Waals surface area contributed by atoms with Gasteiger partial charge in [0.15, 0.2) is 11.6 Å². The van der Waals surface area contributed by atoms with Crippen LogP contribution in [0.15, 0.2) is 18.2 Å². The highest BCUT2D eigenvalue weighted by molar-refractivity contribution is 7.80. The number of hydrogen-bond acceptors (Lipinski definition) is 2. The minimum atomic E-state index is -0.403. The molecule has 0 amide bonds. The van der Waals surface area contributed by atoms with E-state index in [-0.39, 0.29) is 10.7 Å². The average Bonchev–Trinajstić information content (AvgIpc) is 2.46. The molecule has 0 saturated heterocycles. The van der Waals surface area contributed by atoms with Crippen LogP contribution in [0.3, 0.4) is 0 Å². The summed E-state index contributed by atoms with van der Waals surface area (Å²) in [7, 11) is 0. The Kier molecular flexibility index (Phi) is 8.99. The van der Waals surface area contributed by atoms with Crippen LogP contribution >= 0.6 is 12.2 Å². The summed E-state index contributed by atoms with van der Waals surface area (Å²) in [6.07, 6.45) is 9.91. The molecule has 2 nitrogen and oxygen atoms in total. The summed E-state index contributed by atoms with van der Waals surface area (Å²) in [4.78, 5) is 0.198. The number of benzene rings is 1. The SMILES string of the molecule is CCCCCCCCCCOc1ccc(C(N)=S)cc1F. The molecule has 1 aromatic rings. The van der Waals surface area contributed by atoms with Gasteiger partial charge in [0.2, 0.25) is 0 Å². The van der Waals surface area contributed by atoms with E-state index in [1.54, 1.807) is 12.1 Å². The molecule has 0 spiro atoms. The second-order valence-corrected chi connectivity index (χ2v) is 5.77. The number of nitrogens with two attached hydrogens (primary N) is 1. The molecule has 0 aliphatic carbocycles. The van der Waals surface area contributed by atoms with Gasteiger partial charge in [-0.25, -0.2) is 4.39 Å². The van der Waals surface area contributed by atoms with Crippen molar-refractivity contribution in [1.29, 1.82) is 0 Å². The molecule has 0 bridgehead atoms. The lowest BCUT2D eigenvalue weighted by atomic mass is 10.1. The number of ether oxygens (including phenoxy) is 1. The molecular formula is C17H26FNOS. The van der Waals surface area contributed by atoms with Crippen LogP contribution in [-0.2, 0) is 0 Å². The van der Waals surface area contributed by atoms with Gasteiger partial charge in [-0.15, -0.1) is 0 Å². The standard InChI is InChI=1S/C17H26FNOS/c1-2-3-4-5-6-7-8-9-12-20-16-11-10-14(17(19)21)13-15(16)18/h10-11,13H,2-9,12H2,1H3,(H2,19,21). The van der Waals surface area contributed by atoms with Gasteiger partial charge in [-0.05, 0) is 24.6 Å². The molecular weight excluding hydrogens is 285 g/mol. The zero-order valence-corrected chi connectivity index (χ0v) is 13.7. The topological polar surface area (TPSA) is 35.2 Å². The minimum absolute atomic E-state index is 0.198. The van der Waals surface area contributed by atoms with Crippen LogP contribution in [0, 0.1) is 5.82 Å². The van der Waals surface area contributed by atoms with E-state index < -0.39 is 5.82 Å². The zero-order valence-electron chi connectivity index (χ0n) is 12.9. The van der Waals surface area contributed by atoms with Crippen molar-refractivity contribution in [3.8, 4) is 5.75 Å². The first-order valence-corrected chi connectivity index (χ1v) is 8.28. The fourth-order valence-electron chi connectivity index (χ4n) is 2.19. The summed E-state index contributed by atoms with van der Waals surface area (Å²) in [5, 5.41) is 0. The molecule has 0 aromatic heterocycles. The van der Waals surface area contributed by atoms with Gasteiger partial charge in [0.05, 0.1) is 6.61 Å². The van der Waals surface area contributed by atoms with Crippen molar-refractivity contribution in [2.24, 2.45) is 5.73 Å². The Labute approximate surface area is 132 Å². The van der Waals surface area contributed by atoms with Gasteiger partial charge in [0, 0.05) is 5.56 Å². The predicted molar refractivity (Wildman–Crippen MR) is 90.4 cm³/mol. The van der Waals surface area contributed by atoms with Crippen molar-refractivity contribution in [2.45, 2.75) is 58.3 Å². The molecule has 1 aromatic carbocycles. The van der Waals surface area contributed by atoms with E-state index in [2.05, 4.69) is 6.92 Å². The second kappa shape index (κ2) is 10.6. The smallest absolute Gasteiger partial charge is 0.165 e. The first-order valence-electron chi connectivity index (χ1n) is 7.87. The fourth-order valence-corrected chi connectivity index (χ4v) is 2.32. The Morgan fingerprint density at radius 2 is 1.71 bits per heavy atom. The van der Waals surface area contributed by atoms with E-state index in [0.29, 0.717) is 12.2 Å². The normalized spacial score (nSPS) is 10.6. The maximum atomic E-state index is 13.7. The largest absolute Gasteiger partial charge is 0.491 e. The van der Waals surface area contributed by atoms with Crippen molar-refractivity contribution in [3.63, 3.8) is 0 Å². The molecule has 4 heteroatoms. The number of unbranched alkanes of at least 4 members (excludes halogenated alkanes) is 7. The Hall–Kier alpha value is -1.16. The summed E-state index contributed by atoms with van der Waals surface area (Å²) in [6, 6.07) is 4.61. The highest BCUT2D eigenvalue weighted by atomic mass is 32.1. The number of hydrogen-bond donors (Lipinski definition) is 1. The molecule has 0 aliphatic heterocycles. The number of rotatable bonds is 11. The quantitative estimate of drug-likeness (QED) is 0.462. The minimum Gasteiger partial charge on any atom is -0.491 e. The molecule has 1 rings (SSSR count). The van der Waals surface area contributed by atoms with Crippen LogP contribution in [-0.4, -0.2) is 11.6 Å². The Balaban J connectivity index is 2.14. The maximum absolute atomic E-state index is 13.7. The highest BCUT2D eigenvalue weighted by Gasteiger charge is 2.06. The van der Waals surface area contributed by atoms with Crippen LogP contribution in [0.25, 0.3) is 0 Å². The van der Waals surface area contributed by atoms with Gasteiger partial charge >= 0.3 is 0 Å². The highest BCUT2D eigenvalue weighted by Crippen LogP contribution is 2.19. The third-order valence-electron chi connectivity index (χ3n) is 3.47. The van der Waals surface area contributed by atoms with Gasteiger partial charge in [0.25, 0.3) is 0 Å². The van der Waals surface area contributed by atoms with E-state index in [9.17, 15) is 4.39 Å². The molecule has 0 unspecified atom stereocenters. The van der Waals surface area contributed by atoms with Crippen LogP contribution in [0.4, 0.5) is 4.39 Å².